The van der Waals surface area contributed by atoms with E-state index in [2.05, 4.69) is 32.7 Å². The molecule has 0 aliphatic heterocycles. The molecule has 0 radical (unpaired) electrons. The molecule has 4 heteroatoms. The molecule has 0 saturated heterocycles. The van der Waals surface area contributed by atoms with Gasteiger partial charge in [0.05, 0.1) is 16.1 Å². The van der Waals surface area contributed by atoms with Gasteiger partial charge in [-0.3, -0.25) is 0 Å². The van der Waals surface area contributed by atoms with E-state index in [1.54, 1.807) is 17.6 Å². The van der Waals surface area contributed by atoms with Crippen molar-refractivity contribution in [1.29, 1.82) is 0 Å². The smallest absolute Gasteiger partial charge is 0.125 e. The number of halogens is 1. The summed E-state index contributed by atoms with van der Waals surface area (Å²) >= 11 is 5.13. The van der Waals surface area contributed by atoms with Crippen LogP contribution in [0.1, 0.15) is 17.4 Å². The van der Waals surface area contributed by atoms with Crippen molar-refractivity contribution in [2.24, 2.45) is 0 Å². The van der Waals surface area contributed by atoms with Crippen LogP contribution in [0.2, 0.25) is 0 Å². The summed E-state index contributed by atoms with van der Waals surface area (Å²) in [6.07, 6.45) is 1.70. The van der Waals surface area contributed by atoms with Gasteiger partial charge in [0.15, 0.2) is 0 Å². The van der Waals surface area contributed by atoms with E-state index in [9.17, 15) is 0 Å². The number of hydrogen-bond donors (Lipinski definition) is 1. The molecule has 2 aromatic rings. The van der Waals surface area contributed by atoms with Gasteiger partial charge in [0, 0.05) is 0 Å². The van der Waals surface area contributed by atoms with Gasteiger partial charge in [-0.1, -0.05) is 0 Å². The van der Waals surface area contributed by atoms with Gasteiger partial charge < -0.3 is 9.73 Å². The maximum atomic E-state index is 5.38. The molecule has 74 valence electrons. The lowest BCUT2D eigenvalue weighted by atomic mass is 10.1. The Balaban J connectivity index is 2.31. The van der Waals surface area contributed by atoms with Crippen molar-refractivity contribution in [3.8, 4) is 0 Å². The molecule has 0 bridgehead atoms. The van der Waals surface area contributed by atoms with Gasteiger partial charge >= 0.3 is 0 Å². The van der Waals surface area contributed by atoms with Gasteiger partial charge in [0.1, 0.15) is 5.76 Å². The number of thiophene rings is 1. The molecule has 2 aromatic heterocycles. The lowest BCUT2D eigenvalue weighted by molar-refractivity contribution is 0.464. The molecule has 1 atom stereocenters. The zero-order chi connectivity index (χ0) is 9.97. The average molecular weight is 272 g/mol. The predicted octanol–water partition coefficient (Wildman–Crippen LogP) is 3.41. The van der Waals surface area contributed by atoms with Gasteiger partial charge in [-0.2, -0.15) is 0 Å². The number of furan rings is 1. The first-order valence-corrected chi connectivity index (χ1v) is 5.93. The molecule has 0 saturated carbocycles. The second-order valence-corrected chi connectivity index (χ2v) is 5.21. The first kappa shape index (κ1) is 9.96. The van der Waals surface area contributed by atoms with Gasteiger partial charge in [-0.15, -0.1) is 11.3 Å². The van der Waals surface area contributed by atoms with Crippen molar-refractivity contribution in [2.75, 3.05) is 7.05 Å². The average Bonchev–Trinajstić information content (AvgIpc) is 2.79. The van der Waals surface area contributed by atoms with Crippen molar-refractivity contribution in [2.45, 2.75) is 6.04 Å². The molecular formula is C10H10BrNOS. The highest BCUT2D eigenvalue weighted by molar-refractivity contribution is 9.11. The maximum Gasteiger partial charge on any atom is 0.125 e. The molecule has 2 heterocycles. The summed E-state index contributed by atoms with van der Waals surface area (Å²) in [5.74, 6) is 0.942. The molecule has 14 heavy (non-hydrogen) atoms. The summed E-state index contributed by atoms with van der Waals surface area (Å²) in [4.78, 5) is 0. The Morgan fingerprint density at radius 2 is 2.43 bits per heavy atom. The van der Waals surface area contributed by atoms with Crippen molar-refractivity contribution < 1.29 is 4.42 Å². The van der Waals surface area contributed by atoms with Crippen LogP contribution in [0.15, 0.2) is 38.0 Å². The highest BCUT2D eigenvalue weighted by Gasteiger charge is 2.15. The summed E-state index contributed by atoms with van der Waals surface area (Å²) in [6.45, 7) is 0. The molecule has 0 aliphatic carbocycles. The highest BCUT2D eigenvalue weighted by Crippen LogP contribution is 2.29. The van der Waals surface area contributed by atoms with E-state index in [1.807, 2.05) is 19.2 Å². The summed E-state index contributed by atoms with van der Waals surface area (Å²) in [5.41, 5.74) is 1.22. The number of nitrogens with one attached hydrogen (secondary N) is 1. The van der Waals surface area contributed by atoms with Gasteiger partial charge in [-0.05, 0) is 52.1 Å². The second kappa shape index (κ2) is 4.29. The van der Waals surface area contributed by atoms with E-state index in [-0.39, 0.29) is 6.04 Å². The normalized spacial score (nSPS) is 13.0. The third-order valence-electron chi connectivity index (χ3n) is 2.04. The van der Waals surface area contributed by atoms with Crippen molar-refractivity contribution >= 4 is 27.3 Å². The molecule has 1 N–H and O–H groups in total. The molecule has 0 fully saturated rings. The fourth-order valence-electron chi connectivity index (χ4n) is 1.40. The summed E-state index contributed by atoms with van der Waals surface area (Å²) in [5, 5.41) is 5.34. The Labute approximate surface area is 95.1 Å². The van der Waals surface area contributed by atoms with E-state index < -0.39 is 0 Å². The molecule has 2 rings (SSSR count). The lowest BCUT2D eigenvalue weighted by Crippen LogP contribution is -2.16. The van der Waals surface area contributed by atoms with Crippen molar-refractivity contribution in [3.63, 3.8) is 0 Å². The molecule has 2 nitrogen and oxygen atoms in total. The van der Waals surface area contributed by atoms with Crippen LogP contribution < -0.4 is 5.32 Å². The zero-order valence-corrected chi connectivity index (χ0v) is 10.1. The summed E-state index contributed by atoms with van der Waals surface area (Å²) in [6, 6.07) is 6.13. The Bertz CT molecular complexity index is 396. The zero-order valence-electron chi connectivity index (χ0n) is 7.66. The minimum atomic E-state index is 0.146. The third kappa shape index (κ3) is 1.92. The van der Waals surface area contributed by atoms with E-state index in [0.717, 1.165) is 9.55 Å². The van der Waals surface area contributed by atoms with Crippen molar-refractivity contribution in [3.05, 3.63) is 45.0 Å². The fourth-order valence-corrected chi connectivity index (χ4v) is 2.61. The van der Waals surface area contributed by atoms with E-state index in [4.69, 9.17) is 4.42 Å². The first-order valence-electron chi connectivity index (χ1n) is 4.26. The Kier molecular flexibility index (Phi) is 3.05. The topological polar surface area (TPSA) is 25.2 Å². The predicted molar refractivity (Wildman–Crippen MR) is 61.6 cm³/mol. The fraction of sp³-hybridized carbons (Fsp3) is 0.200. The molecule has 0 aliphatic rings. The Morgan fingerprint density at radius 1 is 1.57 bits per heavy atom. The molecular weight excluding hydrogens is 262 g/mol. The van der Waals surface area contributed by atoms with Gasteiger partial charge in [0.2, 0.25) is 0 Å². The minimum absolute atomic E-state index is 0.146. The summed E-state index contributed by atoms with van der Waals surface area (Å²) < 4.78 is 6.52. The van der Waals surface area contributed by atoms with E-state index in [0.29, 0.717) is 0 Å². The van der Waals surface area contributed by atoms with Crippen LogP contribution in [0.4, 0.5) is 0 Å². The standard InChI is InChI=1S/C10H10BrNOS/c1-12-10(8-3-2-4-13-8)7-5-9(11)14-6-7/h2-6,10,12H,1H3. The van der Waals surface area contributed by atoms with E-state index in [1.165, 1.54) is 5.56 Å². The summed E-state index contributed by atoms with van der Waals surface area (Å²) in [7, 11) is 1.93. The monoisotopic (exact) mass is 271 g/mol. The van der Waals surface area contributed by atoms with Crippen LogP contribution in [-0.2, 0) is 0 Å². The van der Waals surface area contributed by atoms with Gasteiger partial charge in [-0.25, -0.2) is 0 Å². The number of hydrogen-bond acceptors (Lipinski definition) is 3. The van der Waals surface area contributed by atoms with Crippen LogP contribution in [0.25, 0.3) is 0 Å². The van der Waals surface area contributed by atoms with Crippen LogP contribution >= 0.6 is 27.3 Å². The van der Waals surface area contributed by atoms with E-state index >= 15 is 0 Å². The SMILES string of the molecule is CNC(c1csc(Br)c1)c1ccco1. The highest BCUT2D eigenvalue weighted by atomic mass is 79.9. The molecule has 1 unspecified atom stereocenters. The Hall–Kier alpha value is -0.580. The largest absolute Gasteiger partial charge is 0.467 e. The van der Waals surface area contributed by atoms with Crippen LogP contribution in [0.5, 0.6) is 0 Å². The Morgan fingerprint density at radius 3 is 2.93 bits per heavy atom. The molecule has 0 amide bonds. The van der Waals surface area contributed by atoms with Crippen LogP contribution in [-0.4, -0.2) is 7.05 Å². The van der Waals surface area contributed by atoms with Crippen LogP contribution in [0, 0.1) is 0 Å². The van der Waals surface area contributed by atoms with Gasteiger partial charge in [0.25, 0.3) is 0 Å². The first-order chi connectivity index (χ1) is 6.81. The van der Waals surface area contributed by atoms with Crippen molar-refractivity contribution in [1.82, 2.24) is 5.32 Å². The second-order valence-electron chi connectivity index (χ2n) is 2.92. The lowest BCUT2D eigenvalue weighted by Gasteiger charge is -2.11. The quantitative estimate of drug-likeness (QED) is 0.926. The molecule has 0 aromatic carbocycles. The number of rotatable bonds is 3. The minimum Gasteiger partial charge on any atom is -0.467 e. The third-order valence-corrected chi connectivity index (χ3v) is 3.56. The maximum absolute atomic E-state index is 5.38. The molecule has 0 spiro atoms. The van der Waals surface area contributed by atoms with Crippen LogP contribution in [0.3, 0.4) is 0 Å².